The molecule has 0 amide bonds. The van der Waals surface area contributed by atoms with Crippen molar-refractivity contribution in [2.45, 2.75) is 20.8 Å². The molecule has 0 spiro atoms. The van der Waals surface area contributed by atoms with Crippen molar-refractivity contribution in [3.8, 4) is 0 Å². The first-order valence-electron chi connectivity index (χ1n) is 5.82. The number of para-hydroxylation sites is 1. The molecule has 0 aromatic heterocycles. The first kappa shape index (κ1) is 12.7. The summed E-state index contributed by atoms with van der Waals surface area (Å²) in [4.78, 5) is 2.34. The first-order chi connectivity index (χ1) is 7.76. The molecule has 1 N–H and O–H groups in total. The minimum absolute atomic E-state index is 0.923. The molecule has 1 aromatic rings. The molecular weight excluding hydrogens is 198 g/mol. The van der Waals surface area contributed by atoms with Gasteiger partial charge >= 0.3 is 0 Å². The number of nitrogens with zero attached hydrogens (tertiary/aromatic N) is 2. The van der Waals surface area contributed by atoms with E-state index in [1.807, 2.05) is 37.3 Å². The zero-order valence-corrected chi connectivity index (χ0v) is 10.4. The summed E-state index contributed by atoms with van der Waals surface area (Å²) in [6, 6.07) is 10.0. The van der Waals surface area contributed by atoms with Gasteiger partial charge in [0.05, 0.1) is 5.69 Å². The van der Waals surface area contributed by atoms with Gasteiger partial charge in [0, 0.05) is 12.3 Å². The molecule has 0 radical (unpaired) electrons. The molecule has 16 heavy (non-hydrogen) atoms. The van der Waals surface area contributed by atoms with Crippen molar-refractivity contribution in [3.05, 3.63) is 30.3 Å². The summed E-state index contributed by atoms with van der Waals surface area (Å²) in [5.74, 6) is 0. The minimum atomic E-state index is 0.923. The Hall–Kier alpha value is -1.35. The maximum absolute atomic E-state index is 4.36. The van der Waals surface area contributed by atoms with E-state index >= 15 is 0 Å². The highest BCUT2D eigenvalue weighted by Crippen LogP contribution is 2.04. The second-order valence-corrected chi connectivity index (χ2v) is 3.79. The first-order valence-corrected chi connectivity index (χ1v) is 5.82. The van der Waals surface area contributed by atoms with Crippen LogP contribution in [-0.4, -0.2) is 30.2 Å². The van der Waals surface area contributed by atoms with Crippen molar-refractivity contribution in [2.24, 2.45) is 5.10 Å². The Morgan fingerprint density at radius 2 is 1.81 bits per heavy atom. The zero-order valence-electron chi connectivity index (χ0n) is 10.4. The van der Waals surface area contributed by atoms with E-state index in [9.17, 15) is 0 Å². The third-order valence-corrected chi connectivity index (χ3v) is 2.50. The van der Waals surface area contributed by atoms with Gasteiger partial charge in [0.25, 0.3) is 0 Å². The van der Waals surface area contributed by atoms with Crippen molar-refractivity contribution < 1.29 is 0 Å². The SMILES string of the molecule is CCN(CC)C/C(C)=N/Nc1ccccc1. The van der Waals surface area contributed by atoms with Crippen LogP contribution in [0.2, 0.25) is 0 Å². The Bertz CT molecular complexity index is 315. The van der Waals surface area contributed by atoms with Crippen LogP contribution in [0.5, 0.6) is 0 Å². The summed E-state index contributed by atoms with van der Waals surface area (Å²) in [7, 11) is 0. The van der Waals surface area contributed by atoms with Crippen LogP contribution in [0.1, 0.15) is 20.8 Å². The molecule has 0 heterocycles. The fourth-order valence-corrected chi connectivity index (χ4v) is 1.48. The number of nitrogens with one attached hydrogen (secondary N) is 1. The lowest BCUT2D eigenvalue weighted by Crippen LogP contribution is -2.28. The molecule has 0 fully saturated rings. The molecular formula is C13H21N3. The van der Waals surface area contributed by atoms with E-state index in [1.165, 1.54) is 0 Å². The molecule has 0 atom stereocenters. The van der Waals surface area contributed by atoms with Crippen LogP contribution in [0, 0.1) is 0 Å². The van der Waals surface area contributed by atoms with E-state index in [-0.39, 0.29) is 0 Å². The number of anilines is 1. The highest BCUT2D eigenvalue weighted by atomic mass is 15.3. The molecule has 3 heteroatoms. The van der Waals surface area contributed by atoms with E-state index in [4.69, 9.17) is 0 Å². The van der Waals surface area contributed by atoms with Gasteiger partial charge in [-0.2, -0.15) is 5.10 Å². The van der Waals surface area contributed by atoms with Gasteiger partial charge in [0.2, 0.25) is 0 Å². The van der Waals surface area contributed by atoms with Gasteiger partial charge in [0.1, 0.15) is 0 Å². The Kier molecular flexibility index (Phi) is 5.57. The van der Waals surface area contributed by atoms with Gasteiger partial charge in [-0.1, -0.05) is 32.0 Å². The fraction of sp³-hybridized carbons (Fsp3) is 0.462. The molecule has 88 valence electrons. The van der Waals surface area contributed by atoms with Gasteiger partial charge in [-0.3, -0.25) is 10.3 Å². The minimum Gasteiger partial charge on any atom is -0.298 e. The van der Waals surface area contributed by atoms with Crippen LogP contribution in [0.3, 0.4) is 0 Å². The highest BCUT2D eigenvalue weighted by Gasteiger charge is 2.00. The van der Waals surface area contributed by atoms with Crippen LogP contribution in [-0.2, 0) is 0 Å². The lowest BCUT2D eigenvalue weighted by atomic mass is 10.3. The van der Waals surface area contributed by atoms with Crippen LogP contribution in [0.15, 0.2) is 35.4 Å². The lowest BCUT2D eigenvalue weighted by molar-refractivity contribution is 0.346. The lowest BCUT2D eigenvalue weighted by Gasteiger charge is -2.17. The summed E-state index contributed by atoms with van der Waals surface area (Å²) < 4.78 is 0. The molecule has 0 saturated heterocycles. The molecule has 0 bridgehead atoms. The standard InChI is InChI=1S/C13H21N3/c1-4-16(5-2)11-12(3)14-15-13-9-7-6-8-10-13/h6-10,15H,4-5,11H2,1-3H3/b14-12+. The molecule has 0 aliphatic rings. The van der Waals surface area contributed by atoms with E-state index in [1.54, 1.807) is 0 Å². The predicted octanol–water partition coefficient (Wildman–Crippen LogP) is 2.82. The van der Waals surface area contributed by atoms with Gasteiger partial charge < -0.3 is 0 Å². The average Bonchev–Trinajstić information content (AvgIpc) is 2.34. The number of rotatable bonds is 6. The van der Waals surface area contributed by atoms with Gasteiger partial charge in [-0.05, 0) is 32.1 Å². The van der Waals surface area contributed by atoms with Crippen molar-refractivity contribution >= 4 is 11.4 Å². The molecule has 0 unspecified atom stereocenters. The normalized spacial score (nSPS) is 11.9. The Morgan fingerprint density at radius 1 is 1.19 bits per heavy atom. The summed E-state index contributed by atoms with van der Waals surface area (Å²) in [6.07, 6.45) is 0. The number of hydrogen-bond donors (Lipinski definition) is 1. The van der Waals surface area contributed by atoms with Crippen LogP contribution >= 0.6 is 0 Å². The number of benzene rings is 1. The van der Waals surface area contributed by atoms with E-state index in [2.05, 4.69) is 29.3 Å². The summed E-state index contributed by atoms with van der Waals surface area (Å²) in [5, 5.41) is 4.36. The van der Waals surface area contributed by atoms with Crippen LogP contribution in [0.4, 0.5) is 5.69 Å². The predicted molar refractivity (Wildman–Crippen MR) is 71.0 cm³/mol. The second kappa shape index (κ2) is 7.01. The van der Waals surface area contributed by atoms with Gasteiger partial charge in [0.15, 0.2) is 0 Å². The molecule has 3 nitrogen and oxygen atoms in total. The summed E-state index contributed by atoms with van der Waals surface area (Å²) >= 11 is 0. The van der Waals surface area contributed by atoms with Crippen LogP contribution in [0.25, 0.3) is 0 Å². The highest BCUT2D eigenvalue weighted by molar-refractivity contribution is 5.84. The molecule has 1 aromatic carbocycles. The number of hydrogen-bond acceptors (Lipinski definition) is 3. The molecule has 0 saturated carbocycles. The maximum Gasteiger partial charge on any atom is 0.0561 e. The van der Waals surface area contributed by atoms with E-state index < -0.39 is 0 Å². The van der Waals surface area contributed by atoms with Crippen molar-refractivity contribution in [2.75, 3.05) is 25.1 Å². The van der Waals surface area contributed by atoms with Crippen molar-refractivity contribution in [1.29, 1.82) is 0 Å². The van der Waals surface area contributed by atoms with E-state index in [0.717, 1.165) is 31.0 Å². The average molecular weight is 219 g/mol. The Morgan fingerprint density at radius 3 is 2.38 bits per heavy atom. The quantitative estimate of drug-likeness (QED) is 0.588. The van der Waals surface area contributed by atoms with Gasteiger partial charge in [-0.25, -0.2) is 0 Å². The third kappa shape index (κ3) is 4.45. The van der Waals surface area contributed by atoms with Crippen molar-refractivity contribution in [1.82, 2.24) is 4.90 Å². The topological polar surface area (TPSA) is 27.6 Å². The third-order valence-electron chi connectivity index (χ3n) is 2.50. The molecule has 1 rings (SSSR count). The summed E-state index contributed by atoms with van der Waals surface area (Å²) in [5.41, 5.74) is 5.19. The maximum atomic E-state index is 4.36. The second-order valence-electron chi connectivity index (χ2n) is 3.79. The summed E-state index contributed by atoms with van der Waals surface area (Å²) in [6.45, 7) is 9.44. The van der Waals surface area contributed by atoms with E-state index in [0.29, 0.717) is 0 Å². The van der Waals surface area contributed by atoms with Crippen LogP contribution < -0.4 is 5.43 Å². The zero-order chi connectivity index (χ0) is 11.8. The monoisotopic (exact) mass is 219 g/mol. The smallest absolute Gasteiger partial charge is 0.0561 e. The van der Waals surface area contributed by atoms with Crippen molar-refractivity contribution in [3.63, 3.8) is 0 Å². The molecule has 0 aliphatic heterocycles. The molecule has 0 aliphatic carbocycles. The Labute approximate surface area is 98.2 Å². The number of hydrazone groups is 1. The Balaban J connectivity index is 2.45. The largest absolute Gasteiger partial charge is 0.298 e. The van der Waals surface area contributed by atoms with Gasteiger partial charge in [-0.15, -0.1) is 0 Å². The fourth-order valence-electron chi connectivity index (χ4n) is 1.48.